The van der Waals surface area contributed by atoms with E-state index in [1.54, 1.807) is 0 Å². The maximum Gasteiger partial charge on any atom is 0.385 e. The Hall–Kier alpha value is -1.17. The van der Waals surface area contributed by atoms with Crippen molar-refractivity contribution in [3.8, 4) is 12.0 Å². The van der Waals surface area contributed by atoms with Crippen LogP contribution in [0.4, 0.5) is 0 Å². The van der Waals surface area contributed by atoms with Crippen molar-refractivity contribution in [1.29, 1.82) is 0 Å². The number of ether oxygens (including phenoxy) is 1. The Labute approximate surface area is 53.6 Å². The molecule has 0 aliphatic carbocycles. The summed E-state index contributed by atoms with van der Waals surface area (Å²) in [5.41, 5.74) is 0. The average Bonchev–Trinajstić information content (AvgIpc) is 2.65. The molecule has 1 fully saturated rings. The van der Waals surface area contributed by atoms with Crippen LogP contribution in [0, 0.1) is 12.0 Å². The van der Waals surface area contributed by atoms with Crippen LogP contribution in [0.15, 0.2) is 0 Å². The van der Waals surface area contributed by atoms with Crippen LogP contribution < -0.4 is 0 Å². The number of hydrogen-bond donors (Lipinski definition) is 0. The van der Waals surface area contributed by atoms with E-state index in [-0.39, 0.29) is 0 Å². The lowest BCUT2D eigenvalue weighted by Crippen LogP contribution is -1.95. The molecule has 0 N–H and O–H groups in total. The molecule has 0 aromatic heterocycles. The van der Waals surface area contributed by atoms with Gasteiger partial charge in [-0.3, -0.25) is 0 Å². The van der Waals surface area contributed by atoms with Crippen LogP contribution in [-0.2, 0) is 9.53 Å². The SMILES string of the molecule is COC(=O)C#CN1CC1. The van der Waals surface area contributed by atoms with Gasteiger partial charge in [-0.2, -0.15) is 0 Å². The molecule has 0 spiro atoms. The van der Waals surface area contributed by atoms with Gasteiger partial charge in [0, 0.05) is 25.1 Å². The summed E-state index contributed by atoms with van der Waals surface area (Å²) >= 11 is 0. The second-order valence-corrected chi connectivity index (χ2v) is 1.72. The first kappa shape index (κ1) is 5.96. The molecule has 1 aliphatic rings. The fourth-order valence-corrected chi connectivity index (χ4v) is 0.338. The van der Waals surface area contributed by atoms with Crippen molar-refractivity contribution in [2.45, 2.75) is 0 Å². The van der Waals surface area contributed by atoms with Gasteiger partial charge in [-0.05, 0) is 0 Å². The second-order valence-electron chi connectivity index (χ2n) is 1.72. The molecule has 1 saturated heterocycles. The summed E-state index contributed by atoms with van der Waals surface area (Å²) in [4.78, 5) is 12.2. The van der Waals surface area contributed by atoms with Gasteiger partial charge in [0.25, 0.3) is 0 Å². The Morgan fingerprint density at radius 1 is 1.67 bits per heavy atom. The summed E-state index contributed by atoms with van der Waals surface area (Å²) in [5, 5.41) is 0. The Morgan fingerprint density at radius 3 is 2.78 bits per heavy atom. The summed E-state index contributed by atoms with van der Waals surface area (Å²) in [6, 6.07) is 2.62. The van der Waals surface area contributed by atoms with Gasteiger partial charge in [-0.25, -0.2) is 4.79 Å². The molecule has 1 rings (SSSR count). The number of hydrogen-bond acceptors (Lipinski definition) is 3. The Morgan fingerprint density at radius 2 is 2.33 bits per heavy atom. The molecule has 0 bridgehead atoms. The zero-order valence-corrected chi connectivity index (χ0v) is 5.18. The highest BCUT2D eigenvalue weighted by Crippen LogP contribution is 1.97. The quantitative estimate of drug-likeness (QED) is 0.247. The monoisotopic (exact) mass is 125 g/mol. The fraction of sp³-hybridized carbons (Fsp3) is 0.500. The third kappa shape index (κ3) is 2.04. The summed E-state index contributed by atoms with van der Waals surface area (Å²) in [6.07, 6.45) is 0. The van der Waals surface area contributed by atoms with E-state index in [0.29, 0.717) is 0 Å². The summed E-state index contributed by atoms with van der Waals surface area (Å²) in [7, 11) is 1.32. The first-order valence-electron chi connectivity index (χ1n) is 2.67. The van der Waals surface area contributed by atoms with Crippen molar-refractivity contribution < 1.29 is 9.53 Å². The summed E-state index contributed by atoms with van der Waals surface area (Å²) in [5.74, 6) is 1.84. The van der Waals surface area contributed by atoms with Crippen LogP contribution >= 0.6 is 0 Å². The predicted molar refractivity (Wildman–Crippen MR) is 31.4 cm³/mol. The van der Waals surface area contributed by atoms with Crippen molar-refractivity contribution in [3.05, 3.63) is 0 Å². The summed E-state index contributed by atoms with van der Waals surface area (Å²) in [6.45, 7) is 1.95. The van der Waals surface area contributed by atoms with Crippen LogP contribution in [0.3, 0.4) is 0 Å². The third-order valence-electron chi connectivity index (χ3n) is 0.949. The Kier molecular flexibility index (Phi) is 1.59. The van der Waals surface area contributed by atoms with E-state index >= 15 is 0 Å². The van der Waals surface area contributed by atoms with E-state index in [4.69, 9.17) is 0 Å². The Balaban J connectivity index is 2.30. The molecule has 0 aromatic carbocycles. The molecule has 0 saturated carbocycles. The molecule has 48 valence electrons. The zero-order valence-electron chi connectivity index (χ0n) is 5.18. The number of esters is 1. The normalized spacial score (nSPS) is 13.7. The number of carbonyl (C=O) groups is 1. The number of carbonyl (C=O) groups excluding carboxylic acids is 1. The minimum absolute atomic E-state index is 0.470. The van der Waals surface area contributed by atoms with E-state index in [1.807, 2.05) is 4.90 Å². The first-order chi connectivity index (χ1) is 4.33. The smallest absolute Gasteiger partial charge is 0.385 e. The third-order valence-corrected chi connectivity index (χ3v) is 0.949. The van der Waals surface area contributed by atoms with Gasteiger partial charge in [-0.15, -0.1) is 0 Å². The van der Waals surface area contributed by atoms with Crippen LogP contribution in [0.2, 0.25) is 0 Å². The first-order valence-corrected chi connectivity index (χ1v) is 2.67. The number of rotatable bonds is 0. The molecule has 3 heteroatoms. The largest absolute Gasteiger partial charge is 0.459 e. The van der Waals surface area contributed by atoms with E-state index < -0.39 is 5.97 Å². The van der Waals surface area contributed by atoms with Gasteiger partial charge in [-0.1, -0.05) is 0 Å². The lowest BCUT2D eigenvalue weighted by atomic mass is 10.7. The minimum atomic E-state index is -0.470. The summed E-state index contributed by atoms with van der Waals surface area (Å²) < 4.78 is 4.29. The number of nitrogens with zero attached hydrogens (tertiary/aromatic N) is 1. The zero-order chi connectivity index (χ0) is 6.69. The maximum atomic E-state index is 10.3. The van der Waals surface area contributed by atoms with Gasteiger partial charge in [0.2, 0.25) is 0 Å². The number of methoxy groups -OCH3 is 1. The molecule has 0 aromatic rings. The molecule has 0 unspecified atom stereocenters. The van der Waals surface area contributed by atoms with Gasteiger partial charge in [0.1, 0.15) is 0 Å². The van der Waals surface area contributed by atoms with Crippen molar-refractivity contribution >= 4 is 5.97 Å². The minimum Gasteiger partial charge on any atom is -0.459 e. The van der Waals surface area contributed by atoms with Gasteiger partial charge in [0.05, 0.1) is 7.11 Å². The maximum absolute atomic E-state index is 10.3. The highest BCUT2D eigenvalue weighted by Gasteiger charge is 2.11. The van der Waals surface area contributed by atoms with Gasteiger partial charge >= 0.3 is 5.97 Å². The fourth-order valence-electron chi connectivity index (χ4n) is 0.338. The van der Waals surface area contributed by atoms with Gasteiger partial charge < -0.3 is 9.64 Å². The molecule has 3 nitrogen and oxygen atoms in total. The highest BCUT2D eigenvalue weighted by molar-refractivity contribution is 5.88. The molecule has 0 atom stereocenters. The standard InChI is InChI=1S/C6H7NO2/c1-9-6(8)2-3-7-4-5-7/h4-5H2,1H3. The molecular weight excluding hydrogens is 118 g/mol. The van der Waals surface area contributed by atoms with Crippen LogP contribution in [0.1, 0.15) is 0 Å². The van der Waals surface area contributed by atoms with Crippen LogP contribution in [-0.4, -0.2) is 31.1 Å². The van der Waals surface area contributed by atoms with Crippen molar-refractivity contribution in [2.24, 2.45) is 0 Å². The van der Waals surface area contributed by atoms with E-state index in [9.17, 15) is 4.79 Å². The van der Waals surface area contributed by atoms with E-state index in [2.05, 4.69) is 16.7 Å². The Bertz CT molecular complexity index is 173. The van der Waals surface area contributed by atoms with Crippen molar-refractivity contribution in [3.63, 3.8) is 0 Å². The molecular formula is C6H7NO2. The lowest BCUT2D eigenvalue weighted by Gasteiger charge is -1.84. The van der Waals surface area contributed by atoms with Crippen LogP contribution in [0.5, 0.6) is 0 Å². The van der Waals surface area contributed by atoms with E-state index in [1.165, 1.54) is 7.11 Å². The molecule has 9 heavy (non-hydrogen) atoms. The van der Waals surface area contributed by atoms with Gasteiger partial charge in [0.15, 0.2) is 0 Å². The molecule has 1 heterocycles. The van der Waals surface area contributed by atoms with Crippen molar-refractivity contribution in [1.82, 2.24) is 4.90 Å². The van der Waals surface area contributed by atoms with E-state index in [0.717, 1.165) is 13.1 Å². The lowest BCUT2D eigenvalue weighted by molar-refractivity contribution is -0.133. The topological polar surface area (TPSA) is 29.3 Å². The van der Waals surface area contributed by atoms with Crippen molar-refractivity contribution in [2.75, 3.05) is 20.2 Å². The van der Waals surface area contributed by atoms with Crippen LogP contribution in [0.25, 0.3) is 0 Å². The molecule has 0 radical (unpaired) electrons. The average molecular weight is 125 g/mol. The second kappa shape index (κ2) is 2.40. The molecule has 1 aliphatic heterocycles. The molecule has 0 amide bonds. The highest BCUT2D eigenvalue weighted by atomic mass is 16.5. The predicted octanol–water partition coefficient (Wildman–Crippen LogP) is -0.564.